The van der Waals surface area contributed by atoms with Gasteiger partial charge in [-0.1, -0.05) is 77.6 Å². The molecule has 1 N–H and O–H groups in total. The zero-order valence-electron chi connectivity index (χ0n) is 18.6. The first-order valence-electron chi connectivity index (χ1n) is 12.6. The number of hydrogen-bond acceptors (Lipinski definition) is 1. The molecule has 2 heteroatoms. The summed E-state index contributed by atoms with van der Waals surface area (Å²) in [6.07, 6.45) is 25.7. The summed E-state index contributed by atoms with van der Waals surface area (Å²) in [5.41, 5.74) is 5.89. The zero-order valence-corrected chi connectivity index (χ0v) is 18.6. The second kappa shape index (κ2) is 11.8. The highest BCUT2D eigenvalue weighted by Crippen LogP contribution is 2.27. The number of fused-ring (bicyclic) bond motifs is 2. The fourth-order valence-corrected chi connectivity index (χ4v) is 5.48. The van der Waals surface area contributed by atoms with Crippen LogP contribution in [0.1, 0.15) is 126 Å². The van der Waals surface area contributed by atoms with Crippen LogP contribution >= 0.6 is 0 Å². The number of rotatable bonds is 13. The number of hydrogen-bond donors (Lipinski definition) is 1. The molecule has 0 saturated carbocycles. The van der Waals surface area contributed by atoms with Crippen molar-refractivity contribution in [3.05, 3.63) is 27.9 Å². The first kappa shape index (κ1) is 21.7. The SMILES string of the molecule is CCCCCCCCCCCCCCn1c2c(c(=N)c3c1CCC3)CCCC2. The third-order valence-electron chi connectivity index (χ3n) is 7.12. The van der Waals surface area contributed by atoms with Gasteiger partial charge in [-0.25, -0.2) is 0 Å². The van der Waals surface area contributed by atoms with Gasteiger partial charge >= 0.3 is 0 Å². The molecular formula is C26H44N2. The smallest absolute Gasteiger partial charge is 0.0638 e. The second-order valence-corrected chi connectivity index (χ2v) is 9.33. The number of unbranched alkanes of at least 4 members (excludes halogenated alkanes) is 11. The lowest BCUT2D eigenvalue weighted by Gasteiger charge is -2.26. The van der Waals surface area contributed by atoms with Crippen LogP contribution in [0.2, 0.25) is 0 Å². The molecule has 1 heterocycles. The van der Waals surface area contributed by atoms with Gasteiger partial charge in [0.1, 0.15) is 0 Å². The average molecular weight is 385 g/mol. The minimum atomic E-state index is 0.924. The van der Waals surface area contributed by atoms with E-state index in [1.54, 1.807) is 5.69 Å². The minimum Gasteiger partial charge on any atom is -0.348 e. The van der Waals surface area contributed by atoms with Gasteiger partial charge < -0.3 is 9.98 Å². The van der Waals surface area contributed by atoms with Gasteiger partial charge in [-0.3, -0.25) is 0 Å². The van der Waals surface area contributed by atoms with E-state index in [0.717, 1.165) is 18.2 Å². The summed E-state index contributed by atoms with van der Waals surface area (Å²) in [7, 11) is 0. The molecular weight excluding hydrogens is 340 g/mol. The van der Waals surface area contributed by atoms with Gasteiger partial charge in [-0.05, 0) is 62.5 Å². The van der Waals surface area contributed by atoms with Crippen molar-refractivity contribution in [3.63, 3.8) is 0 Å². The van der Waals surface area contributed by atoms with E-state index in [1.165, 1.54) is 133 Å². The maximum atomic E-state index is 8.66. The Kier molecular flexibility index (Phi) is 9.15. The minimum absolute atomic E-state index is 0.924. The molecule has 0 saturated heterocycles. The van der Waals surface area contributed by atoms with Gasteiger partial charge in [0.25, 0.3) is 0 Å². The van der Waals surface area contributed by atoms with E-state index in [-0.39, 0.29) is 0 Å². The lowest BCUT2D eigenvalue weighted by molar-refractivity contribution is 0.505. The largest absolute Gasteiger partial charge is 0.348 e. The number of pyridine rings is 1. The van der Waals surface area contributed by atoms with Gasteiger partial charge in [0.05, 0.1) is 5.36 Å². The Hall–Kier alpha value is -1.05. The van der Waals surface area contributed by atoms with Crippen molar-refractivity contribution in [2.75, 3.05) is 0 Å². The fraction of sp³-hybridized carbons (Fsp3) is 0.808. The Morgan fingerprint density at radius 3 is 1.68 bits per heavy atom. The van der Waals surface area contributed by atoms with Crippen LogP contribution in [0.25, 0.3) is 0 Å². The van der Waals surface area contributed by atoms with Gasteiger partial charge in [0.2, 0.25) is 0 Å². The molecule has 0 atom stereocenters. The fourth-order valence-electron chi connectivity index (χ4n) is 5.48. The third kappa shape index (κ3) is 5.74. The molecule has 1 aromatic rings. The molecule has 3 rings (SSSR count). The number of aromatic nitrogens is 1. The molecule has 0 bridgehead atoms. The molecule has 0 unspecified atom stereocenters. The van der Waals surface area contributed by atoms with Crippen molar-refractivity contribution in [2.24, 2.45) is 0 Å². The second-order valence-electron chi connectivity index (χ2n) is 9.33. The Labute approximate surface area is 173 Å². The van der Waals surface area contributed by atoms with Crippen LogP contribution in [0, 0.1) is 5.41 Å². The Morgan fingerprint density at radius 1 is 0.607 bits per heavy atom. The van der Waals surface area contributed by atoms with Gasteiger partial charge in [0, 0.05) is 17.9 Å². The highest BCUT2D eigenvalue weighted by Gasteiger charge is 2.24. The van der Waals surface area contributed by atoms with E-state index >= 15 is 0 Å². The van der Waals surface area contributed by atoms with Crippen LogP contribution < -0.4 is 5.36 Å². The van der Waals surface area contributed by atoms with Crippen LogP contribution in [0.3, 0.4) is 0 Å². The summed E-state index contributed by atoms with van der Waals surface area (Å²) in [4.78, 5) is 0. The number of nitrogens with zero attached hydrogens (tertiary/aromatic N) is 1. The van der Waals surface area contributed by atoms with E-state index in [1.807, 2.05) is 0 Å². The predicted octanol–water partition coefficient (Wildman–Crippen LogP) is 7.04. The van der Waals surface area contributed by atoms with E-state index in [4.69, 9.17) is 5.41 Å². The van der Waals surface area contributed by atoms with Crippen LogP contribution in [0.4, 0.5) is 0 Å². The summed E-state index contributed by atoms with van der Waals surface area (Å²) in [6.45, 7) is 3.51. The molecule has 2 aliphatic carbocycles. The van der Waals surface area contributed by atoms with E-state index in [9.17, 15) is 0 Å². The zero-order chi connectivity index (χ0) is 19.6. The Morgan fingerprint density at radius 2 is 1.07 bits per heavy atom. The topological polar surface area (TPSA) is 28.8 Å². The van der Waals surface area contributed by atoms with Crippen LogP contribution in [-0.4, -0.2) is 4.57 Å². The molecule has 0 fully saturated rings. The van der Waals surface area contributed by atoms with Crippen molar-refractivity contribution in [1.29, 1.82) is 5.41 Å². The third-order valence-corrected chi connectivity index (χ3v) is 7.12. The summed E-state index contributed by atoms with van der Waals surface area (Å²) in [5.74, 6) is 0. The molecule has 2 nitrogen and oxygen atoms in total. The van der Waals surface area contributed by atoms with Gasteiger partial charge in [-0.2, -0.15) is 0 Å². The highest BCUT2D eigenvalue weighted by atomic mass is 15.0. The van der Waals surface area contributed by atoms with Crippen molar-refractivity contribution in [2.45, 2.75) is 135 Å². The molecule has 0 aromatic carbocycles. The van der Waals surface area contributed by atoms with Crippen LogP contribution in [-0.2, 0) is 32.2 Å². The van der Waals surface area contributed by atoms with Crippen molar-refractivity contribution >= 4 is 0 Å². The predicted molar refractivity (Wildman–Crippen MR) is 120 cm³/mol. The maximum Gasteiger partial charge on any atom is 0.0638 e. The number of nitrogens with one attached hydrogen (secondary N) is 1. The molecule has 0 spiro atoms. The van der Waals surface area contributed by atoms with Gasteiger partial charge in [-0.15, -0.1) is 0 Å². The van der Waals surface area contributed by atoms with Gasteiger partial charge in [0.15, 0.2) is 0 Å². The molecule has 0 aliphatic heterocycles. The lowest BCUT2D eigenvalue weighted by atomic mass is 9.92. The monoisotopic (exact) mass is 384 g/mol. The molecule has 0 radical (unpaired) electrons. The maximum absolute atomic E-state index is 8.66. The van der Waals surface area contributed by atoms with E-state index in [0.29, 0.717) is 0 Å². The highest BCUT2D eigenvalue weighted by molar-refractivity contribution is 5.35. The van der Waals surface area contributed by atoms with Crippen molar-refractivity contribution < 1.29 is 0 Å². The van der Waals surface area contributed by atoms with Crippen molar-refractivity contribution in [1.82, 2.24) is 4.57 Å². The van der Waals surface area contributed by atoms with Crippen LogP contribution in [0.15, 0.2) is 0 Å². The van der Waals surface area contributed by atoms with Crippen molar-refractivity contribution in [3.8, 4) is 0 Å². The van der Waals surface area contributed by atoms with E-state index < -0.39 is 0 Å². The Balaban J connectivity index is 1.37. The quantitative estimate of drug-likeness (QED) is 0.353. The first-order valence-corrected chi connectivity index (χ1v) is 12.6. The summed E-state index contributed by atoms with van der Waals surface area (Å²) < 4.78 is 2.69. The molecule has 28 heavy (non-hydrogen) atoms. The molecule has 0 amide bonds. The normalized spacial score (nSPS) is 15.6. The summed E-state index contributed by atoms with van der Waals surface area (Å²) in [5, 5.41) is 9.58. The molecule has 2 aliphatic rings. The molecule has 158 valence electrons. The molecule has 1 aromatic heterocycles. The average Bonchev–Trinajstić information content (AvgIpc) is 3.21. The summed E-state index contributed by atoms with van der Waals surface area (Å²) in [6, 6.07) is 0. The standard InChI is InChI=1S/C26H44N2/c1-2-3-4-5-6-7-8-9-10-11-12-15-21-28-24-19-14-13-17-22(24)26(27)23-18-16-20-25(23)28/h27H,2-21H2,1H3. The summed E-state index contributed by atoms with van der Waals surface area (Å²) >= 11 is 0. The van der Waals surface area contributed by atoms with E-state index in [2.05, 4.69) is 11.5 Å². The lowest BCUT2D eigenvalue weighted by Crippen LogP contribution is -2.27. The Bertz CT molecular complexity index is 655. The first-order chi connectivity index (χ1) is 13.8. The van der Waals surface area contributed by atoms with Crippen LogP contribution in [0.5, 0.6) is 0 Å².